The van der Waals surface area contributed by atoms with Gasteiger partial charge in [-0.05, 0) is 26.2 Å². The number of carbonyl (C=O) groups excluding carboxylic acids is 1. The molecule has 1 rings (SSSR count). The molecule has 0 aromatic rings. The molecule has 20 heavy (non-hydrogen) atoms. The molecule has 0 radical (unpaired) electrons. The lowest BCUT2D eigenvalue weighted by Gasteiger charge is -2.13. The first-order valence-corrected chi connectivity index (χ1v) is 8.98. The van der Waals surface area contributed by atoms with Gasteiger partial charge in [-0.25, -0.2) is 0 Å². The van der Waals surface area contributed by atoms with Gasteiger partial charge in [-0.3, -0.25) is 4.79 Å². The molecule has 1 unspecified atom stereocenters. The quantitative estimate of drug-likeness (QED) is 0.526. The van der Waals surface area contributed by atoms with Crippen molar-refractivity contribution in [3.05, 3.63) is 0 Å². The predicted molar refractivity (Wildman–Crippen MR) is 84.8 cm³/mol. The maximum Gasteiger partial charge on any atom is 0.306 e. The van der Waals surface area contributed by atoms with Crippen LogP contribution in [0.5, 0.6) is 0 Å². The van der Waals surface area contributed by atoms with E-state index in [1.54, 1.807) is 0 Å². The fourth-order valence-electron chi connectivity index (χ4n) is 2.99. The summed E-state index contributed by atoms with van der Waals surface area (Å²) in [6, 6.07) is 0. The van der Waals surface area contributed by atoms with Crippen molar-refractivity contribution < 1.29 is 9.53 Å². The van der Waals surface area contributed by atoms with E-state index in [-0.39, 0.29) is 12.1 Å². The maximum atomic E-state index is 11.7. The first-order valence-electron chi connectivity index (χ1n) is 8.98. The molecule has 0 bridgehead atoms. The molecule has 1 aliphatic rings. The Labute approximate surface area is 125 Å². The van der Waals surface area contributed by atoms with Gasteiger partial charge >= 0.3 is 5.97 Å². The Morgan fingerprint density at radius 3 is 1.60 bits per heavy atom. The Morgan fingerprint density at radius 2 is 1.10 bits per heavy atom. The highest BCUT2D eigenvalue weighted by atomic mass is 16.5. The van der Waals surface area contributed by atoms with E-state index in [4.69, 9.17) is 4.74 Å². The highest BCUT2D eigenvalue weighted by molar-refractivity contribution is 5.69. The van der Waals surface area contributed by atoms with E-state index < -0.39 is 0 Å². The predicted octanol–water partition coefficient (Wildman–Crippen LogP) is 5.78. The molecule has 1 heterocycles. The molecule has 0 aromatic carbocycles. The fraction of sp³-hybridized carbons (Fsp3) is 0.944. The Kier molecular flexibility index (Phi) is 10.7. The Hall–Kier alpha value is -0.530. The summed E-state index contributed by atoms with van der Waals surface area (Å²) in [6.45, 7) is 2.04. The van der Waals surface area contributed by atoms with Crippen molar-refractivity contribution in [1.82, 2.24) is 0 Å². The third-order valence-electron chi connectivity index (χ3n) is 4.32. The largest absolute Gasteiger partial charge is 0.463 e. The van der Waals surface area contributed by atoms with Gasteiger partial charge in [0.25, 0.3) is 0 Å². The summed E-state index contributed by atoms with van der Waals surface area (Å²) in [5.41, 5.74) is 0. The first-order chi connectivity index (χ1) is 9.79. The molecule has 0 spiro atoms. The minimum Gasteiger partial charge on any atom is -0.463 e. The summed E-state index contributed by atoms with van der Waals surface area (Å²) >= 11 is 0. The van der Waals surface area contributed by atoms with Crippen molar-refractivity contribution in [2.75, 3.05) is 0 Å². The summed E-state index contributed by atoms with van der Waals surface area (Å²) < 4.78 is 5.46. The van der Waals surface area contributed by atoms with Gasteiger partial charge in [0, 0.05) is 6.42 Å². The van der Waals surface area contributed by atoms with Crippen LogP contribution in [0.15, 0.2) is 0 Å². The lowest BCUT2D eigenvalue weighted by Crippen LogP contribution is -2.14. The second-order valence-electron chi connectivity index (χ2n) is 6.44. The van der Waals surface area contributed by atoms with Crippen molar-refractivity contribution in [2.24, 2.45) is 0 Å². The molecule has 0 saturated carbocycles. The van der Waals surface area contributed by atoms with Crippen LogP contribution in [0.1, 0.15) is 103 Å². The molecule has 0 N–H and O–H groups in total. The third-order valence-corrected chi connectivity index (χ3v) is 4.32. The number of cyclic esters (lactones) is 1. The van der Waals surface area contributed by atoms with E-state index in [9.17, 15) is 4.79 Å². The minimum atomic E-state index is 0.0126. The number of hydrogen-bond acceptors (Lipinski definition) is 2. The molecule has 1 atom stereocenters. The zero-order valence-electron chi connectivity index (χ0n) is 13.5. The summed E-state index contributed by atoms with van der Waals surface area (Å²) in [5, 5.41) is 0. The third kappa shape index (κ3) is 10.3. The Morgan fingerprint density at radius 1 is 0.700 bits per heavy atom. The molecule has 1 aliphatic heterocycles. The Bertz CT molecular complexity index is 238. The van der Waals surface area contributed by atoms with E-state index in [1.807, 2.05) is 6.92 Å². The number of carbonyl (C=O) groups is 1. The minimum absolute atomic E-state index is 0.0126. The van der Waals surface area contributed by atoms with Crippen LogP contribution in [-0.2, 0) is 9.53 Å². The van der Waals surface area contributed by atoms with Crippen LogP contribution in [0.25, 0.3) is 0 Å². The zero-order valence-corrected chi connectivity index (χ0v) is 13.5. The molecule has 2 heteroatoms. The molecule has 0 aliphatic carbocycles. The van der Waals surface area contributed by atoms with Gasteiger partial charge < -0.3 is 4.74 Å². The van der Waals surface area contributed by atoms with Gasteiger partial charge in [0.1, 0.15) is 0 Å². The normalized spacial score (nSPS) is 26.2. The molecule has 0 amide bonds. The van der Waals surface area contributed by atoms with E-state index in [1.165, 1.54) is 77.0 Å². The lowest BCUT2D eigenvalue weighted by molar-refractivity contribution is -0.148. The topological polar surface area (TPSA) is 26.3 Å². The van der Waals surface area contributed by atoms with Crippen molar-refractivity contribution in [3.63, 3.8) is 0 Å². The smallest absolute Gasteiger partial charge is 0.306 e. The van der Waals surface area contributed by atoms with Crippen LogP contribution < -0.4 is 0 Å². The maximum absolute atomic E-state index is 11.7. The van der Waals surface area contributed by atoms with Gasteiger partial charge in [-0.1, -0.05) is 70.6 Å². The van der Waals surface area contributed by atoms with E-state index in [2.05, 4.69) is 0 Å². The van der Waals surface area contributed by atoms with Crippen LogP contribution in [0.3, 0.4) is 0 Å². The average molecular weight is 282 g/mol. The highest BCUT2D eigenvalue weighted by Crippen LogP contribution is 2.15. The number of ether oxygens (including phenoxy) is 1. The van der Waals surface area contributed by atoms with E-state index in [0.717, 1.165) is 12.8 Å². The standard InChI is InChI=1S/C18H34O2/c1-17-15-13-11-9-7-5-3-2-4-6-8-10-12-14-16-18(19)20-17/h17H,2-16H2,1H3. The van der Waals surface area contributed by atoms with Crippen LogP contribution in [0.4, 0.5) is 0 Å². The van der Waals surface area contributed by atoms with Crippen molar-refractivity contribution in [3.8, 4) is 0 Å². The van der Waals surface area contributed by atoms with Crippen LogP contribution in [-0.4, -0.2) is 12.1 Å². The summed E-state index contributed by atoms with van der Waals surface area (Å²) in [6.07, 6.45) is 18.8. The SMILES string of the molecule is CC1CCCCCCCCCCCCCCCC(=O)O1. The molecule has 0 aromatic heterocycles. The molecule has 1 saturated heterocycles. The van der Waals surface area contributed by atoms with Gasteiger partial charge in [-0.2, -0.15) is 0 Å². The molecule has 118 valence electrons. The van der Waals surface area contributed by atoms with Crippen molar-refractivity contribution >= 4 is 5.97 Å². The van der Waals surface area contributed by atoms with Crippen LogP contribution >= 0.6 is 0 Å². The number of rotatable bonds is 0. The second kappa shape index (κ2) is 12.2. The van der Waals surface area contributed by atoms with E-state index in [0.29, 0.717) is 6.42 Å². The molecular formula is C18H34O2. The average Bonchev–Trinajstić information content (AvgIpc) is 2.42. The summed E-state index contributed by atoms with van der Waals surface area (Å²) in [4.78, 5) is 11.7. The molecular weight excluding hydrogens is 248 g/mol. The van der Waals surface area contributed by atoms with Crippen molar-refractivity contribution in [1.29, 1.82) is 0 Å². The monoisotopic (exact) mass is 282 g/mol. The van der Waals surface area contributed by atoms with Gasteiger partial charge in [0.2, 0.25) is 0 Å². The van der Waals surface area contributed by atoms with Crippen molar-refractivity contribution in [2.45, 2.75) is 109 Å². The van der Waals surface area contributed by atoms with E-state index >= 15 is 0 Å². The van der Waals surface area contributed by atoms with Gasteiger partial charge in [0.05, 0.1) is 6.10 Å². The van der Waals surface area contributed by atoms with Gasteiger partial charge in [0.15, 0.2) is 0 Å². The van der Waals surface area contributed by atoms with Crippen LogP contribution in [0, 0.1) is 0 Å². The molecule has 1 fully saturated rings. The summed E-state index contributed by atoms with van der Waals surface area (Å²) in [5.74, 6) is 0.0126. The first kappa shape index (κ1) is 17.5. The van der Waals surface area contributed by atoms with Gasteiger partial charge in [-0.15, -0.1) is 0 Å². The second-order valence-corrected chi connectivity index (χ2v) is 6.44. The lowest BCUT2D eigenvalue weighted by atomic mass is 10.0. The zero-order chi connectivity index (χ0) is 14.5. The fourth-order valence-corrected chi connectivity index (χ4v) is 2.99. The molecule has 2 nitrogen and oxygen atoms in total. The van der Waals surface area contributed by atoms with Crippen LogP contribution in [0.2, 0.25) is 0 Å². The number of esters is 1. The Balaban J connectivity index is 2.19. The number of hydrogen-bond donors (Lipinski definition) is 0. The highest BCUT2D eigenvalue weighted by Gasteiger charge is 2.09. The summed E-state index contributed by atoms with van der Waals surface area (Å²) in [7, 11) is 0.